The molecule has 8 nitrogen and oxygen atoms in total. The zero-order valence-corrected chi connectivity index (χ0v) is 16.1. The lowest BCUT2D eigenvalue weighted by Gasteiger charge is -2.07. The molecule has 2 aromatic carbocycles. The second-order valence-corrected chi connectivity index (χ2v) is 8.51. The van der Waals surface area contributed by atoms with E-state index in [2.05, 4.69) is 15.4 Å². The van der Waals surface area contributed by atoms with Crippen molar-refractivity contribution >= 4 is 15.5 Å². The lowest BCUT2D eigenvalue weighted by molar-refractivity contribution is 0.602. The van der Waals surface area contributed by atoms with Crippen molar-refractivity contribution in [1.82, 2.24) is 24.8 Å². The number of nitrogen functional groups attached to an aromatic ring is 1. The molecule has 2 N–H and O–H groups in total. The number of benzene rings is 2. The average molecular weight is 394 g/mol. The summed E-state index contributed by atoms with van der Waals surface area (Å²) in [5.74, 6) is 0.693. The summed E-state index contributed by atoms with van der Waals surface area (Å²) in [5, 5.41) is 13.0. The summed E-state index contributed by atoms with van der Waals surface area (Å²) in [6.45, 7) is 1.88. The van der Waals surface area contributed by atoms with Crippen LogP contribution in [0.2, 0.25) is 0 Å². The van der Waals surface area contributed by atoms with E-state index in [0.29, 0.717) is 17.2 Å². The topological polar surface area (TPSA) is 109 Å². The van der Waals surface area contributed by atoms with E-state index in [1.165, 1.54) is 6.26 Å². The largest absolute Gasteiger partial charge is 0.399 e. The lowest BCUT2D eigenvalue weighted by atomic mass is 10.1. The van der Waals surface area contributed by atoms with E-state index in [4.69, 9.17) is 5.73 Å². The molecule has 0 aliphatic carbocycles. The Labute approximate surface area is 162 Å². The molecule has 0 fully saturated rings. The Morgan fingerprint density at radius 3 is 2.32 bits per heavy atom. The van der Waals surface area contributed by atoms with Crippen LogP contribution < -0.4 is 5.73 Å². The maximum absolute atomic E-state index is 11.7. The summed E-state index contributed by atoms with van der Waals surface area (Å²) < 4.78 is 26.7. The quantitative estimate of drug-likeness (QED) is 0.533. The maximum atomic E-state index is 11.7. The van der Waals surface area contributed by atoms with Gasteiger partial charge in [0.05, 0.1) is 22.5 Å². The minimum absolute atomic E-state index is 0.257. The van der Waals surface area contributed by atoms with Gasteiger partial charge in [0, 0.05) is 23.6 Å². The van der Waals surface area contributed by atoms with E-state index >= 15 is 0 Å². The number of hydrogen-bond donors (Lipinski definition) is 1. The zero-order valence-electron chi connectivity index (χ0n) is 15.3. The summed E-state index contributed by atoms with van der Waals surface area (Å²) in [4.78, 5) is 0.257. The molecule has 0 radical (unpaired) electrons. The van der Waals surface area contributed by atoms with Gasteiger partial charge in [-0.15, -0.1) is 5.10 Å². The first-order valence-electron chi connectivity index (χ1n) is 8.47. The Morgan fingerprint density at radius 1 is 1.00 bits per heavy atom. The highest BCUT2D eigenvalue weighted by atomic mass is 32.2. The molecule has 0 bridgehead atoms. The molecule has 2 heterocycles. The fourth-order valence-corrected chi connectivity index (χ4v) is 3.47. The Bertz CT molecular complexity index is 1240. The van der Waals surface area contributed by atoms with E-state index in [1.54, 1.807) is 33.6 Å². The molecule has 0 amide bonds. The van der Waals surface area contributed by atoms with Crippen molar-refractivity contribution in [2.24, 2.45) is 0 Å². The van der Waals surface area contributed by atoms with Crippen molar-refractivity contribution in [3.05, 3.63) is 66.5 Å². The highest BCUT2D eigenvalue weighted by Gasteiger charge is 2.14. The number of aryl methyl sites for hydroxylation is 1. The first-order chi connectivity index (χ1) is 13.3. The van der Waals surface area contributed by atoms with E-state index in [-0.39, 0.29) is 4.90 Å². The summed E-state index contributed by atoms with van der Waals surface area (Å²) in [5.41, 5.74) is 9.55. The second kappa shape index (κ2) is 6.61. The fourth-order valence-electron chi connectivity index (χ4n) is 2.84. The number of nitrogens with zero attached hydrogens (tertiary/aromatic N) is 5. The molecule has 0 saturated heterocycles. The van der Waals surface area contributed by atoms with Gasteiger partial charge in [-0.3, -0.25) is 0 Å². The molecule has 142 valence electrons. The Hall–Kier alpha value is -3.46. The summed E-state index contributed by atoms with van der Waals surface area (Å²) in [6, 6.07) is 15.8. The lowest BCUT2D eigenvalue weighted by Crippen LogP contribution is -2.06. The van der Waals surface area contributed by atoms with E-state index in [1.807, 2.05) is 43.5 Å². The van der Waals surface area contributed by atoms with Crippen LogP contribution in [0.3, 0.4) is 0 Å². The van der Waals surface area contributed by atoms with Crippen molar-refractivity contribution in [2.75, 3.05) is 12.0 Å². The van der Waals surface area contributed by atoms with Crippen molar-refractivity contribution in [2.45, 2.75) is 11.8 Å². The van der Waals surface area contributed by atoms with Gasteiger partial charge in [-0.05, 0) is 43.3 Å². The Balaban J connectivity index is 1.74. The van der Waals surface area contributed by atoms with Crippen molar-refractivity contribution in [3.63, 3.8) is 0 Å². The molecule has 4 aromatic rings. The van der Waals surface area contributed by atoms with E-state index in [9.17, 15) is 8.42 Å². The van der Waals surface area contributed by atoms with Crippen LogP contribution in [0.5, 0.6) is 0 Å². The maximum Gasteiger partial charge on any atom is 0.175 e. The van der Waals surface area contributed by atoms with Crippen molar-refractivity contribution in [3.8, 4) is 22.8 Å². The van der Waals surface area contributed by atoms with Crippen molar-refractivity contribution < 1.29 is 8.42 Å². The number of anilines is 1. The summed E-state index contributed by atoms with van der Waals surface area (Å²) in [6.07, 6.45) is 2.99. The molecule has 0 unspecified atom stereocenters. The standard InChI is InChI=1S/C19H18N6O2S/c1-13-11-19(24-12-18(21-23-24)14-3-5-15(20)6-4-14)25(22-13)16-7-9-17(10-8-16)28(2,26)27/h3-12H,20H2,1-2H3. The summed E-state index contributed by atoms with van der Waals surface area (Å²) >= 11 is 0. The highest BCUT2D eigenvalue weighted by Crippen LogP contribution is 2.22. The second-order valence-electron chi connectivity index (χ2n) is 6.49. The van der Waals surface area contributed by atoms with Gasteiger partial charge in [0.1, 0.15) is 5.69 Å². The SMILES string of the molecule is Cc1cc(-n2cc(-c3ccc(N)cc3)nn2)n(-c2ccc(S(C)(=O)=O)cc2)n1. The van der Waals surface area contributed by atoms with E-state index in [0.717, 1.165) is 16.9 Å². The van der Waals surface area contributed by atoms with Crippen molar-refractivity contribution in [1.29, 1.82) is 0 Å². The molecular formula is C19H18N6O2S. The van der Waals surface area contributed by atoms with Crippen LogP contribution in [0.15, 0.2) is 65.7 Å². The van der Waals surface area contributed by atoms with Gasteiger partial charge in [-0.25, -0.2) is 17.8 Å². The van der Waals surface area contributed by atoms with Gasteiger partial charge in [0.25, 0.3) is 0 Å². The molecule has 2 aromatic heterocycles. The molecular weight excluding hydrogens is 376 g/mol. The molecule has 9 heteroatoms. The minimum Gasteiger partial charge on any atom is -0.399 e. The number of aromatic nitrogens is 5. The molecule has 28 heavy (non-hydrogen) atoms. The predicted octanol–water partition coefficient (Wildman–Crippen LogP) is 2.41. The van der Waals surface area contributed by atoms with Crippen LogP contribution in [0, 0.1) is 6.92 Å². The van der Waals surface area contributed by atoms with E-state index < -0.39 is 9.84 Å². The molecule has 4 rings (SSSR count). The number of sulfone groups is 1. The third-order valence-electron chi connectivity index (χ3n) is 4.26. The Morgan fingerprint density at radius 2 is 1.68 bits per heavy atom. The monoisotopic (exact) mass is 394 g/mol. The fraction of sp³-hybridized carbons (Fsp3) is 0.105. The van der Waals surface area contributed by atoms with Crippen LogP contribution in [0.4, 0.5) is 5.69 Å². The third-order valence-corrected chi connectivity index (χ3v) is 5.39. The smallest absolute Gasteiger partial charge is 0.175 e. The first kappa shape index (κ1) is 17.9. The van der Waals surface area contributed by atoms with Crippen LogP contribution in [-0.2, 0) is 9.84 Å². The molecule has 0 aliphatic rings. The molecule has 0 spiro atoms. The normalized spacial score (nSPS) is 11.6. The minimum atomic E-state index is -3.26. The van der Waals surface area contributed by atoms with Gasteiger partial charge in [-0.2, -0.15) is 5.10 Å². The highest BCUT2D eigenvalue weighted by molar-refractivity contribution is 7.90. The average Bonchev–Trinajstić information content (AvgIpc) is 3.28. The van der Waals surface area contributed by atoms with Crippen LogP contribution in [0.1, 0.15) is 5.69 Å². The van der Waals surface area contributed by atoms with Crippen LogP contribution >= 0.6 is 0 Å². The predicted molar refractivity (Wildman–Crippen MR) is 106 cm³/mol. The summed E-state index contributed by atoms with van der Waals surface area (Å²) in [7, 11) is -3.26. The molecule has 0 aliphatic heterocycles. The van der Waals surface area contributed by atoms with Gasteiger partial charge in [-0.1, -0.05) is 17.3 Å². The number of rotatable bonds is 4. The van der Waals surface area contributed by atoms with Gasteiger partial charge in [0.15, 0.2) is 15.7 Å². The molecule has 0 atom stereocenters. The molecule has 0 saturated carbocycles. The first-order valence-corrected chi connectivity index (χ1v) is 10.4. The number of nitrogens with two attached hydrogens (primary N) is 1. The third kappa shape index (κ3) is 3.39. The van der Waals surface area contributed by atoms with Gasteiger partial charge >= 0.3 is 0 Å². The Kier molecular flexibility index (Phi) is 4.23. The number of hydrogen-bond acceptors (Lipinski definition) is 6. The van der Waals surface area contributed by atoms with Crippen LogP contribution in [0.25, 0.3) is 22.8 Å². The van der Waals surface area contributed by atoms with Gasteiger partial charge in [0.2, 0.25) is 0 Å². The van der Waals surface area contributed by atoms with Gasteiger partial charge < -0.3 is 5.73 Å². The zero-order chi connectivity index (χ0) is 19.9. The van der Waals surface area contributed by atoms with Crippen LogP contribution in [-0.4, -0.2) is 39.4 Å².